The summed E-state index contributed by atoms with van der Waals surface area (Å²) in [7, 11) is 0. The quantitative estimate of drug-likeness (QED) is 0.505. The number of piperidine rings is 1. The maximum absolute atomic E-state index is 12.6. The van der Waals surface area contributed by atoms with Gasteiger partial charge in [-0.2, -0.15) is 0 Å². The molecule has 0 aliphatic carbocycles. The Labute approximate surface area is 179 Å². The lowest BCUT2D eigenvalue weighted by Gasteiger charge is -2.31. The molecule has 1 fully saturated rings. The van der Waals surface area contributed by atoms with Crippen LogP contribution in [0.2, 0.25) is 0 Å². The molecule has 4 aromatic rings. The SMILES string of the molecule is Cc1cccc(-c2nnc(-c3cn(C4CCN(C(=O)c5ccccc5)CC4)nn3)o2)c1. The average Bonchev–Trinajstić information content (AvgIpc) is 3.49. The lowest BCUT2D eigenvalue weighted by atomic mass is 10.0. The Bertz CT molecular complexity index is 1190. The molecule has 5 rings (SSSR count). The maximum Gasteiger partial charge on any atom is 0.270 e. The van der Waals surface area contributed by atoms with Gasteiger partial charge in [-0.3, -0.25) is 4.79 Å². The van der Waals surface area contributed by atoms with E-state index in [1.165, 1.54) is 0 Å². The molecule has 3 heterocycles. The van der Waals surface area contributed by atoms with Gasteiger partial charge in [-0.05, 0) is 44.0 Å². The summed E-state index contributed by atoms with van der Waals surface area (Å²) in [6.07, 6.45) is 3.48. The fraction of sp³-hybridized carbons (Fsp3) is 0.261. The Kier molecular flexibility index (Phi) is 5.03. The maximum atomic E-state index is 12.6. The normalized spacial score (nSPS) is 14.7. The van der Waals surface area contributed by atoms with Gasteiger partial charge in [0.1, 0.15) is 0 Å². The highest BCUT2D eigenvalue weighted by Crippen LogP contribution is 2.26. The van der Waals surface area contributed by atoms with Gasteiger partial charge in [-0.25, -0.2) is 4.68 Å². The minimum atomic E-state index is 0.0767. The average molecular weight is 414 g/mol. The molecule has 0 atom stereocenters. The van der Waals surface area contributed by atoms with Crippen molar-refractivity contribution < 1.29 is 9.21 Å². The largest absolute Gasteiger partial charge is 0.414 e. The van der Waals surface area contributed by atoms with E-state index in [1.807, 2.05) is 77.3 Å². The summed E-state index contributed by atoms with van der Waals surface area (Å²) in [5.41, 5.74) is 3.28. The smallest absolute Gasteiger partial charge is 0.270 e. The first-order valence-electron chi connectivity index (χ1n) is 10.3. The van der Waals surface area contributed by atoms with Gasteiger partial charge in [-0.15, -0.1) is 15.3 Å². The second kappa shape index (κ2) is 8.14. The number of aromatic nitrogens is 5. The van der Waals surface area contributed by atoms with Crippen molar-refractivity contribution in [2.24, 2.45) is 0 Å². The number of likely N-dealkylation sites (tertiary alicyclic amines) is 1. The number of benzene rings is 2. The highest BCUT2D eigenvalue weighted by Gasteiger charge is 2.26. The van der Waals surface area contributed by atoms with Crippen LogP contribution in [0, 0.1) is 6.92 Å². The van der Waals surface area contributed by atoms with E-state index in [2.05, 4.69) is 20.5 Å². The van der Waals surface area contributed by atoms with Gasteiger partial charge in [0, 0.05) is 24.2 Å². The third-order valence-corrected chi connectivity index (χ3v) is 5.57. The van der Waals surface area contributed by atoms with Gasteiger partial charge in [-0.1, -0.05) is 41.1 Å². The van der Waals surface area contributed by atoms with Crippen LogP contribution in [-0.2, 0) is 0 Å². The zero-order valence-corrected chi connectivity index (χ0v) is 17.2. The van der Waals surface area contributed by atoms with Crippen molar-refractivity contribution in [3.05, 3.63) is 71.9 Å². The number of carbonyl (C=O) groups excluding carboxylic acids is 1. The first-order valence-corrected chi connectivity index (χ1v) is 10.3. The number of hydrogen-bond acceptors (Lipinski definition) is 6. The van der Waals surface area contributed by atoms with E-state index in [9.17, 15) is 4.79 Å². The molecule has 1 aliphatic heterocycles. The Balaban J connectivity index is 1.25. The fourth-order valence-electron chi connectivity index (χ4n) is 3.87. The minimum absolute atomic E-state index is 0.0767. The third-order valence-electron chi connectivity index (χ3n) is 5.57. The molecular formula is C23H22N6O2. The molecule has 156 valence electrons. The van der Waals surface area contributed by atoms with Crippen LogP contribution in [0.4, 0.5) is 0 Å². The van der Waals surface area contributed by atoms with Gasteiger partial charge in [0.05, 0.1) is 12.2 Å². The topological polar surface area (TPSA) is 89.9 Å². The highest BCUT2D eigenvalue weighted by atomic mass is 16.4. The van der Waals surface area contributed by atoms with Crippen molar-refractivity contribution in [1.29, 1.82) is 0 Å². The Morgan fingerprint density at radius 2 is 1.74 bits per heavy atom. The number of aryl methyl sites for hydroxylation is 1. The summed E-state index contributed by atoms with van der Waals surface area (Å²) in [4.78, 5) is 14.5. The molecule has 0 bridgehead atoms. The zero-order valence-electron chi connectivity index (χ0n) is 17.2. The van der Waals surface area contributed by atoms with E-state index >= 15 is 0 Å². The molecule has 2 aromatic carbocycles. The highest BCUT2D eigenvalue weighted by molar-refractivity contribution is 5.94. The van der Waals surface area contributed by atoms with Gasteiger partial charge < -0.3 is 9.32 Å². The monoisotopic (exact) mass is 414 g/mol. The number of hydrogen-bond donors (Lipinski definition) is 0. The van der Waals surface area contributed by atoms with Crippen LogP contribution in [0.1, 0.15) is 34.8 Å². The molecule has 1 saturated heterocycles. The first-order chi connectivity index (χ1) is 15.2. The van der Waals surface area contributed by atoms with Crippen molar-refractivity contribution in [1.82, 2.24) is 30.1 Å². The van der Waals surface area contributed by atoms with Crippen molar-refractivity contribution in [2.75, 3.05) is 13.1 Å². The summed E-state index contributed by atoms with van der Waals surface area (Å²) in [5, 5.41) is 16.8. The van der Waals surface area contributed by atoms with E-state index < -0.39 is 0 Å². The molecule has 31 heavy (non-hydrogen) atoms. The van der Waals surface area contributed by atoms with Crippen molar-refractivity contribution in [3.8, 4) is 23.0 Å². The van der Waals surface area contributed by atoms with Crippen LogP contribution in [0.25, 0.3) is 23.0 Å². The minimum Gasteiger partial charge on any atom is -0.414 e. The van der Waals surface area contributed by atoms with Crippen LogP contribution in [0.5, 0.6) is 0 Å². The molecule has 0 N–H and O–H groups in total. The molecule has 0 unspecified atom stereocenters. The summed E-state index contributed by atoms with van der Waals surface area (Å²) >= 11 is 0. The van der Waals surface area contributed by atoms with Crippen LogP contribution in [-0.4, -0.2) is 49.1 Å². The fourth-order valence-corrected chi connectivity index (χ4v) is 3.87. The summed E-state index contributed by atoms with van der Waals surface area (Å²) in [6, 6.07) is 17.5. The number of carbonyl (C=O) groups is 1. The molecule has 0 spiro atoms. The van der Waals surface area contributed by atoms with E-state index in [0.29, 0.717) is 30.6 Å². The number of amides is 1. The standard InChI is InChI=1S/C23H22N6O2/c1-16-6-5-9-18(14-16)21-25-26-22(31-21)20-15-29(27-24-20)19-10-12-28(13-11-19)23(30)17-7-3-2-4-8-17/h2-9,14-15,19H,10-13H2,1H3. The summed E-state index contributed by atoms with van der Waals surface area (Å²) < 4.78 is 7.66. The molecule has 0 radical (unpaired) electrons. The molecule has 8 heteroatoms. The van der Waals surface area contributed by atoms with Crippen LogP contribution in [0.3, 0.4) is 0 Å². The van der Waals surface area contributed by atoms with Crippen molar-refractivity contribution >= 4 is 5.91 Å². The second-order valence-corrected chi connectivity index (χ2v) is 7.76. The van der Waals surface area contributed by atoms with Gasteiger partial charge in [0.25, 0.3) is 11.8 Å². The van der Waals surface area contributed by atoms with Gasteiger partial charge in [0.2, 0.25) is 5.89 Å². The Morgan fingerprint density at radius 3 is 2.52 bits per heavy atom. The van der Waals surface area contributed by atoms with E-state index in [4.69, 9.17) is 4.42 Å². The van der Waals surface area contributed by atoms with E-state index in [1.54, 1.807) is 0 Å². The number of nitrogens with zero attached hydrogens (tertiary/aromatic N) is 6. The third kappa shape index (κ3) is 3.96. The number of rotatable bonds is 4. The molecule has 8 nitrogen and oxygen atoms in total. The lowest BCUT2D eigenvalue weighted by Crippen LogP contribution is -2.39. The zero-order chi connectivity index (χ0) is 21.2. The van der Waals surface area contributed by atoms with Crippen LogP contribution in [0.15, 0.2) is 65.2 Å². The molecular weight excluding hydrogens is 392 g/mol. The van der Waals surface area contributed by atoms with Crippen LogP contribution < -0.4 is 0 Å². The first kappa shape index (κ1) is 19.2. The molecule has 0 saturated carbocycles. The predicted molar refractivity (Wildman–Crippen MR) is 114 cm³/mol. The summed E-state index contributed by atoms with van der Waals surface area (Å²) in [6.45, 7) is 3.39. The van der Waals surface area contributed by atoms with E-state index in [0.717, 1.165) is 29.5 Å². The van der Waals surface area contributed by atoms with Crippen molar-refractivity contribution in [2.45, 2.75) is 25.8 Å². The molecule has 1 amide bonds. The van der Waals surface area contributed by atoms with Gasteiger partial charge in [0.15, 0.2) is 5.69 Å². The lowest BCUT2D eigenvalue weighted by molar-refractivity contribution is 0.0689. The predicted octanol–water partition coefficient (Wildman–Crippen LogP) is 3.78. The molecule has 1 aliphatic rings. The van der Waals surface area contributed by atoms with Crippen LogP contribution >= 0.6 is 0 Å². The Morgan fingerprint density at radius 1 is 0.968 bits per heavy atom. The summed E-state index contributed by atoms with van der Waals surface area (Å²) in [5.74, 6) is 0.883. The van der Waals surface area contributed by atoms with Crippen molar-refractivity contribution in [3.63, 3.8) is 0 Å². The van der Waals surface area contributed by atoms with Gasteiger partial charge >= 0.3 is 0 Å². The molecule has 2 aromatic heterocycles. The Hall–Kier alpha value is -3.81. The second-order valence-electron chi connectivity index (χ2n) is 7.76. The van der Waals surface area contributed by atoms with E-state index in [-0.39, 0.29) is 11.9 Å².